The molecule has 162 valence electrons. The first kappa shape index (κ1) is 22.6. The number of sulfonamides is 1. The molecule has 0 unspecified atom stereocenters. The number of ether oxygens (including phenoxy) is 1. The number of rotatable bonds is 4. The minimum absolute atomic E-state index is 0.0605. The predicted octanol–water partition coefficient (Wildman–Crippen LogP) is 2.99. The number of carbonyl (C=O) groups is 1. The highest BCUT2D eigenvalue weighted by Crippen LogP contribution is 2.33. The molecular weight excluding hydrogens is 449 g/mol. The number of aryl methyl sites for hydroxylation is 1. The zero-order chi connectivity index (χ0) is 22.1. The highest BCUT2D eigenvalue weighted by atomic mass is 32.2. The van der Waals surface area contributed by atoms with E-state index in [1.54, 1.807) is 0 Å². The van der Waals surface area contributed by atoms with E-state index in [9.17, 15) is 17.6 Å². The molecule has 30 heavy (non-hydrogen) atoms. The van der Waals surface area contributed by atoms with Crippen LogP contribution in [0, 0.1) is 19.7 Å². The first-order valence-electron chi connectivity index (χ1n) is 9.15. The molecule has 1 aromatic carbocycles. The maximum atomic E-state index is 13.1. The molecule has 1 aromatic heterocycles. The summed E-state index contributed by atoms with van der Waals surface area (Å²) in [5.74, 6) is -0.919. The number of halogens is 1. The molecule has 1 aliphatic rings. The van der Waals surface area contributed by atoms with E-state index < -0.39 is 21.8 Å². The largest absolute Gasteiger partial charge is 0.465 e. The van der Waals surface area contributed by atoms with Crippen molar-refractivity contribution in [2.45, 2.75) is 18.7 Å². The molecule has 2 heterocycles. The lowest BCUT2D eigenvalue weighted by Gasteiger charge is -2.35. The van der Waals surface area contributed by atoms with Gasteiger partial charge in [0.15, 0.2) is 5.11 Å². The van der Waals surface area contributed by atoms with Gasteiger partial charge in [0.05, 0.1) is 17.6 Å². The molecular formula is C19H22FN3O4S3. The van der Waals surface area contributed by atoms with Crippen LogP contribution in [0.3, 0.4) is 0 Å². The Kier molecular flexibility index (Phi) is 6.75. The molecule has 0 bridgehead atoms. The topological polar surface area (TPSA) is 79.0 Å². The summed E-state index contributed by atoms with van der Waals surface area (Å²) in [5, 5.41) is 4.15. The molecule has 1 N–H and O–H groups in total. The van der Waals surface area contributed by atoms with Gasteiger partial charge in [-0.1, -0.05) is 0 Å². The number of methoxy groups -OCH3 is 1. The second-order valence-electron chi connectivity index (χ2n) is 6.75. The van der Waals surface area contributed by atoms with Gasteiger partial charge in [-0.15, -0.1) is 11.3 Å². The van der Waals surface area contributed by atoms with Gasteiger partial charge in [-0.25, -0.2) is 17.6 Å². The summed E-state index contributed by atoms with van der Waals surface area (Å²) in [5.41, 5.74) is 1.30. The van der Waals surface area contributed by atoms with Gasteiger partial charge in [0.25, 0.3) is 0 Å². The van der Waals surface area contributed by atoms with Gasteiger partial charge in [0, 0.05) is 31.1 Å². The Morgan fingerprint density at radius 1 is 1.17 bits per heavy atom. The Balaban J connectivity index is 1.67. The first-order chi connectivity index (χ1) is 14.1. The van der Waals surface area contributed by atoms with Crippen molar-refractivity contribution >= 4 is 49.7 Å². The Morgan fingerprint density at radius 3 is 2.33 bits per heavy atom. The second kappa shape index (κ2) is 8.96. The summed E-state index contributed by atoms with van der Waals surface area (Å²) in [6.45, 7) is 5.04. The number of nitrogens with one attached hydrogen (secondary N) is 1. The van der Waals surface area contributed by atoms with Gasteiger partial charge in [-0.2, -0.15) is 4.31 Å². The number of carbonyl (C=O) groups excluding carboxylic acids is 1. The number of benzene rings is 1. The van der Waals surface area contributed by atoms with E-state index in [0.717, 1.165) is 22.6 Å². The van der Waals surface area contributed by atoms with Gasteiger partial charge in [-0.05, 0) is 55.9 Å². The SMILES string of the molecule is COC(=O)c1c(NC(=S)N2CCN(S(=O)(=O)c3ccc(F)cc3)CC2)sc(C)c1C. The van der Waals surface area contributed by atoms with Crippen LogP contribution in [-0.2, 0) is 14.8 Å². The lowest BCUT2D eigenvalue weighted by molar-refractivity contribution is 0.0601. The summed E-state index contributed by atoms with van der Waals surface area (Å²) >= 11 is 6.91. The van der Waals surface area contributed by atoms with E-state index in [-0.39, 0.29) is 18.0 Å². The van der Waals surface area contributed by atoms with Crippen molar-refractivity contribution in [3.8, 4) is 0 Å². The first-order valence-corrected chi connectivity index (χ1v) is 11.8. The molecule has 0 saturated carbocycles. The van der Waals surface area contributed by atoms with Gasteiger partial charge in [0.1, 0.15) is 10.8 Å². The van der Waals surface area contributed by atoms with Gasteiger partial charge < -0.3 is 15.0 Å². The van der Waals surface area contributed by atoms with Gasteiger partial charge in [0.2, 0.25) is 10.0 Å². The molecule has 0 atom stereocenters. The third kappa shape index (κ3) is 4.48. The van der Waals surface area contributed by atoms with Crippen LogP contribution < -0.4 is 5.32 Å². The van der Waals surface area contributed by atoms with Crippen molar-refractivity contribution in [2.75, 3.05) is 38.6 Å². The average Bonchev–Trinajstić information content (AvgIpc) is 3.01. The third-order valence-electron chi connectivity index (χ3n) is 4.97. The van der Waals surface area contributed by atoms with Crippen LogP contribution >= 0.6 is 23.6 Å². The molecule has 0 amide bonds. The van der Waals surface area contributed by atoms with Gasteiger partial charge >= 0.3 is 5.97 Å². The predicted molar refractivity (Wildman–Crippen MR) is 118 cm³/mol. The number of hydrogen-bond acceptors (Lipinski definition) is 6. The number of anilines is 1. The fourth-order valence-corrected chi connectivity index (χ4v) is 5.95. The maximum absolute atomic E-state index is 13.1. The van der Waals surface area contributed by atoms with E-state index in [4.69, 9.17) is 17.0 Å². The van der Waals surface area contributed by atoms with E-state index >= 15 is 0 Å². The summed E-state index contributed by atoms with van der Waals surface area (Å²) < 4.78 is 44.8. The van der Waals surface area contributed by atoms with Crippen molar-refractivity contribution in [1.82, 2.24) is 9.21 Å². The summed E-state index contributed by atoms with van der Waals surface area (Å²) in [6, 6.07) is 4.79. The van der Waals surface area contributed by atoms with Crippen LogP contribution in [0.5, 0.6) is 0 Å². The van der Waals surface area contributed by atoms with Gasteiger partial charge in [-0.3, -0.25) is 0 Å². The molecule has 0 spiro atoms. The Hall–Kier alpha value is -2.08. The van der Waals surface area contributed by atoms with Crippen LogP contribution in [0.1, 0.15) is 20.8 Å². The van der Waals surface area contributed by atoms with Crippen molar-refractivity contribution in [2.24, 2.45) is 0 Å². The van der Waals surface area contributed by atoms with Crippen LogP contribution in [-0.4, -0.2) is 62.0 Å². The van der Waals surface area contributed by atoms with Crippen LogP contribution in [0.25, 0.3) is 0 Å². The third-order valence-corrected chi connectivity index (χ3v) is 8.37. The fraction of sp³-hybridized carbons (Fsp3) is 0.368. The average molecular weight is 472 g/mol. The number of nitrogens with zero attached hydrogens (tertiary/aromatic N) is 2. The lowest BCUT2D eigenvalue weighted by Crippen LogP contribution is -2.51. The molecule has 1 aliphatic heterocycles. The summed E-state index contributed by atoms with van der Waals surface area (Å²) in [7, 11) is -2.36. The Bertz CT molecular complexity index is 1060. The lowest BCUT2D eigenvalue weighted by atomic mass is 10.1. The van der Waals surface area contributed by atoms with Crippen LogP contribution in [0.4, 0.5) is 9.39 Å². The fourth-order valence-electron chi connectivity index (χ4n) is 3.13. The Labute approximate surface area is 184 Å². The highest BCUT2D eigenvalue weighted by Gasteiger charge is 2.30. The van der Waals surface area contributed by atoms with E-state index in [1.165, 1.54) is 34.9 Å². The standard InChI is InChI=1S/C19H22FN3O4S3/c1-12-13(2)29-17(16(12)18(24)27-3)21-19(28)22-8-10-23(11-9-22)30(25,26)15-6-4-14(20)5-7-15/h4-7H,8-11H2,1-3H3,(H,21,28). The van der Waals surface area contributed by atoms with Crippen molar-refractivity contribution in [3.63, 3.8) is 0 Å². The minimum Gasteiger partial charge on any atom is -0.465 e. The molecule has 3 rings (SSSR count). The van der Waals surface area contributed by atoms with Crippen molar-refractivity contribution < 1.29 is 22.3 Å². The molecule has 11 heteroatoms. The van der Waals surface area contributed by atoms with Crippen LogP contribution in [0.15, 0.2) is 29.2 Å². The van der Waals surface area contributed by atoms with E-state index in [2.05, 4.69) is 5.32 Å². The van der Waals surface area contributed by atoms with E-state index in [0.29, 0.717) is 28.8 Å². The van der Waals surface area contributed by atoms with Crippen molar-refractivity contribution in [3.05, 3.63) is 46.1 Å². The molecule has 7 nitrogen and oxygen atoms in total. The Morgan fingerprint density at radius 2 is 1.77 bits per heavy atom. The molecule has 1 saturated heterocycles. The minimum atomic E-state index is -3.69. The molecule has 0 aliphatic carbocycles. The number of hydrogen-bond donors (Lipinski definition) is 1. The van der Waals surface area contributed by atoms with Crippen LogP contribution in [0.2, 0.25) is 0 Å². The summed E-state index contributed by atoms with van der Waals surface area (Å²) in [6.07, 6.45) is 0. The number of piperazine rings is 1. The number of thiocarbonyl (C=S) groups is 1. The smallest absolute Gasteiger partial charge is 0.341 e. The van der Waals surface area contributed by atoms with Crippen molar-refractivity contribution in [1.29, 1.82) is 0 Å². The molecule has 2 aromatic rings. The monoisotopic (exact) mass is 471 g/mol. The molecule has 0 radical (unpaired) electrons. The summed E-state index contributed by atoms with van der Waals surface area (Å²) in [4.78, 5) is 15.0. The molecule has 1 fully saturated rings. The maximum Gasteiger partial charge on any atom is 0.341 e. The normalized spacial score (nSPS) is 15.1. The quantitative estimate of drug-likeness (QED) is 0.543. The van der Waals surface area contributed by atoms with E-state index in [1.807, 2.05) is 18.7 Å². The number of thiophene rings is 1. The second-order valence-corrected chi connectivity index (χ2v) is 10.3. The highest BCUT2D eigenvalue weighted by molar-refractivity contribution is 7.89. The number of esters is 1. The zero-order valence-electron chi connectivity index (χ0n) is 16.8. The zero-order valence-corrected chi connectivity index (χ0v) is 19.2.